The minimum absolute atomic E-state index is 0.227. The average Bonchev–Trinajstić information content (AvgIpc) is 2.55. The van der Waals surface area contributed by atoms with Gasteiger partial charge in [-0.05, 0) is 22.0 Å². The largest absolute Gasteiger partial charge is 0.346 e. The van der Waals surface area contributed by atoms with Crippen molar-refractivity contribution in [1.82, 2.24) is 14.6 Å². The van der Waals surface area contributed by atoms with Crippen LogP contribution >= 0.6 is 15.9 Å². The highest BCUT2D eigenvalue weighted by molar-refractivity contribution is 9.10. The molecule has 0 saturated heterocycles. The lowest BCUT2D eigenvalue weighted by Gasteiger charge is -1.92. The molecule has 2 aromatic heterocycles. The monoisotopic (exact) mass is 263 g/mol. The highest BCUT2D eigenvalue weighted by atomic mass is 79.9. The van der Waals surface area contributed by atoms with Crippen LogP contribution in [0.25, 0.3) is 16.4 Å². The second-order valence-electron chi connectivity index (χ2n) is 3.23. The number of para-hydroxylation sites is 1. The van der Waals surface area contributed by atoms with Crippen LogP contribution in [0.15, 0.2) is 39.7 Å². The first kappa shape index (κ1) is 8.67. The average molecular weight is 264 g/mol. The van der Waals surface area contributed by atoms with E-state index < -0.39 is 0 Å². The van der Waals surface area contributed by atoms with Gasteiger partial charge in [-0.3, -0.25) is 4.40 Å². The third-order valence-corrected chi connectivity index (χ3v) is 3.23. The number of nitrogens with zero attached hydrogens (tertiary/aromatic N) is 2. The van der Waals surface area contributed by atoms with E-state index in [0.29, 0.717) is 0 Å². The maximum atomic E-state index is 11.6. The standard InChI is InChI=1S/C10H6BrN3O/c11-9-6-3-1-2-4-7(6)14-8(9)5-12-13-10(14)15/h1-5H,(H,13,15). The van der Waals surface area contributed by atoms with Gasteiger partial charge in [0.1, 0.15) is 0 Å². The molecule has 0 spiro atoms. The lowest BCUT2D eigenvalue weighted by atomic mass is 10.2. The van der Waals surface area contributed by atoms with E-state index in [9.17, 15) is 4.79 Å². The summed E-state index contributed by atoms with van der Waals surface area (Å²) in [5.41, 5.74) is 1.43. The Morgan fingerprint density at radius 1 is 1.27 bits per heavy atom. The molecule has 4 nitrogen and oxygen atoms in total. The quantitative estimate of drug-likeness (QED) is 0.674. The minimum atomic E-state index is -0.227. The van der Waals surface area contributed by atoms with Gasteiger partial charge in [0.2, 0.25) is 0 Å². The summed E-state index contributed by atoms with van der Waals surface area (Å²) in [6.45, 7) is 0. The third-order valence-electron chi connectivity index (χ3n) is 2.40. The Labute approximate surface area is 92.7 Å². The van der Waals surface area contributed by atoms with Gasteiger partial charge >= 0.3 is 5.69 Å². The third kappa shape index (κ3) is 1.07. The highest BCUT2D eigenvalue weighted by Crippen LogP contribution is 2.29. The summed E-state index contributed by atoms with van der Waals surface area (Å²) in [6, 6.07) is 7.71. The van der Waals surface area contributed by atoms with Gasteiger partial charge < -0.3 is 0 Å². The molecule has 2 heterocycles. The van der Waals surface area contributed by atoms with Gasteiger partial charge in [0.05, 0.1) is 21.7 Å². The Bertz CT molecular complexity index is 713. The number of H-pyrrole nitrogens is 1. The van der Waals surface area contributed by atoms with Crippen LogP contribution in [0, 0.1) is 0 Å². The number of nitrogens with one attached hydrogen (secondary N) is 1. The number of aromatic amines is 1. The number of halogens is 1. The van der Waals surface area contributed by atoms with Crippen molar-refractivity contribution in [1.29, 1.82) is 0 Å². The summed E-state index contributed by atoms with van der Waals surface area (Å²) < 4.78 is 2.50. The second-order valence-corrected chi connectivity index (χ2v) is 4.02. The summed E-state index contributed by atoms with van der Waals surface area (Å²) >= 11 is 3.47. The second kappa shape index (κ2) is 2.93. The van der Waals surface area contributed by atoms with E-state index in [-0.39, 0.29) is 5.69 Å². The zero-order valence-electron chi connectivity index (χ0n) is 7.57. The number of hydrogen-bond acceptors (Lipinski definition) is 2. The van der Waals surface area contributed by atoms with Crippen molar-refractivity contribution in [2.24, 2.45) is 0 Å². The van der Waals surface area contributed by atoms with E-state index in [1.165, 1.54) is 0 Å². The molecule has 3 aromatic rings. The molecule has 1 N–H and O–H groups in total. The predicted molar refractivity (Wildman–Crippen MR) is 61.0 cm³/mol. The van der Waals surface area contributed by atoms with Crippen LogP contribution in [0.5, 0.6) is 0 Å². The van der Waals surface area contributed by atoms with Crippen LogP contribution in [0.1, 0.15) is 0 Å². The lowest BCUT2D eigenvalue weighted by Crippen LogP contribution is -2.16. The van der Waals surface area contributed by atoms with Crippen molar-refractivity contribution < 1.29 is 0 Å². The Morgan fingerprint density at radius 2 is 2.07 bits per heavy atom. The molecule has 0 fully saturated rings. The minimum Gasteiger partial charge on any atom is -0.258 e. The van der Waals surface area contributed by atoms with Crippen LogP contribution in [-0.4, -0.2) is 14.6 Å². The van der Waals surface area contributed by atoms with Crippen LogP contribution in [0.3, 0.4) is 0 Å². The topological polar surface area (TPSA) is 50.2 Å². The Hall–Kier alpha value is -1.62. The first-order chi connectivity index (χ1) is 7.29. The van der Waals surface area contributed by atoms with Gasteiger partial charge in [0.15, 0.2) is 0 Å². The van der Waals surface area contributed by atoms with Gasteiger partial charge in [-0.2, -0.15) is 5.10 Å². The maximum absolute atomic E-state index is 11.6. The molecular weight excluding hydrogens is 258 g/mol. The molecule has 0 aliphatic rings. The summed E-state index contributed by atoms with van der Waals surface area (Å²) in [7, 11) is 0. The summed E-state index contributed by atoms with van der Waals surface area (Å²) in [5.74, 6) is 0. The van der Waals surface area contributed by atoms with E-state index in [0.717, 1.165) is 20.9 Å². The van der Waals surface area contributed by atoms with Gasteiger partial charge in [-0.15, -0.1) is 0 Å². The van der Waals surface area contributed by atoms with E-state index >= 15 is 0 Å². The van der Waals surface area contributed by atoms with Gasteiger partial charge in [0.25, 0.3) is 0 Å². The number of fused-ring (bicyclic) bond motifs is 3. The number of benzene rings is 1. The Balaban J connectivity index is 2.77. The molecule has 0 saturated carbocycles. The van der Waals surface area contributed by atoms with E-state index in [4.69, 9.17) is 0 Å². The Morgan fingerprint density at radius 3 is 2.93 bits per heavy atom. The molecule has 0 atom stereocenters. The summed E-state index contributed by atoms with van der Waals surface area (Å²) in [6.07, 6.45) is 1.63. The fraction of sp³-hybridized carbons (Fsp3) is 0. The fourth-order valence-corrected chi connectivity index (χ4v) is 2.37. The molecule has 1 aromatic carbocycles. The lowest BCUT2D eigenvalue weighted by molar-refractivity contribution is 0.903. The van der Waals surface area contributed by atoms with E-state index in [1.807, 2.05) is 24.3 Å². The molecule has 0 aliphatic carbocycles. The number of hydrogen-bond donors (Lipinski definition) is 1. The Kier molecular flexibility index (Phi) is 1.70. The molecule has 74 valence electrons. The molecule has 3 rings (SSSR count). The van der Waals surface area contributed by atoms with Crippen LogP contribution in [0.4, 0.5) is 0 Å². The van der Waals surface area contributed by atoms with Gasteiger partial charge in [-0.25, -0.2) is 9.89 Å². The first-order valence-corrected chi connectivity index (χ1v) is 5.20. The number of rotatable bonds is 0. The van der Waals surface area contributed by atoms with Crippen LogP contribution in [-0.2, 0) is 0 Å². The molecule has 0 unspecified atom stereocenters. The summed E-state index contributed by atoms with van der Waals surface area (Å²) in [5, 5.41) is 7.21. The van der Waals surface area contributed by atoms with Crippen molar-refractivity contribution in [3.8, 4) is 0 Å². The molecule has 0 amide bonds. The predicted octanol–water partition coefficient (Wildman–Crippen LogP) is 1.94. The maximum Gasteiger partial charge on any atom is 0.346 e. The molecule has 0 bridgehead atoms. The van der Waals surface area contributed by atoms with E-state index in [2.05, 4.69) is 26.1 Å². The molecule has 15 heavy (non-hydrogen) atoms. The zero-order chi connectivity index (χ0) is 10.4. The van der Waals surface area contributed by atoms with Gasteiger partial charge in [0, 0.05) is 5.39 Å². The fourth-order valence-electron chi connectivity index (χ4n) is 1.75. The highest BCUT2D eigenvalue weighted by Gasteiger charge is 2.10. The van der Waals surface area contributed by atoms with Crippen molar-refractivity contribution in [3.05, 3.63) is 45.4 Å². The van der Waals surface area contributed by atoms with Crippen molar-refractivity contribution in [2.75, 3.05) is 0 Å². The number of aromatic nitrogens is 3. The first-order valence-electron chi connectivity index (χ1n) is 4.41. The van der Waals surface area contributed by atoms with Crippen LogP contribution < -0.4 is 5.69 Å². The smallest absolute Gasteiger partial charge is 0.258 e. The van der Waals surface area contributed by atoms with Crippen molar-refractivity contribution >= 4 is 32.3 Å². The van der Waals surface area contributed by atoms with Crippen molar-refractivity contribution in [3.63, 3.8) is 0 Å². The molecule has 5 heteroatoms. The normalized spacial score (nSPS) is 11.3. The SMILES string of the molecule is O=c1[nH]ncc2c(Br)c3ccccc3n12. The van der Waals surface area contributed by atoms with Crippen molar-refractivity contribution in [2.45, 2.75) is 0 Å². The van der Waals surface area contributed by atoms with Crippen LogP contribution in [0.2, 0.25) is 0 Å². The molecular formula is C10H6BrN3O. The zero-order valence-corrected chi connectivity index (χ0v) is 9.15. The molecule has 0 aliphatic heterocycles. The van der Waals surface area contributed by atoms with E-state index in [1.54, 1.807) is 10.6 Å². The summed E-state index contributed by atoms with van der Waals surface area (Å²) in [4.78, 5) is 11.6. The van der Waals surface area contributed by atoms with Gasteiger partial charge in [-0.1, -0.05) is 18.2 Å². The molecule has 0 radical (unpaired) electrons.